The van der Waals surface area contributed by atoms with Crippen LogP contribution in [-0.2, 0) is 6.54 Å². The molecule has 7 heteroatoms. The molecule has 4 aromatic rings. The molecule has 0 bridgehead atoms. The van der Waals surface area contributed by atoms with E-state index in [1.165, 1.54) is 5.56 Å². The van der Waals surface area contributed by atoms with Gasteiger partial charge in [0.2, 0.25) is 0 Å². The lowest BCUT2D eigenvalue weighted by Gasteiger charge is -2.20. The standard InChI is InChI=1S/C24H25ClN4OS/c1-15(2)20-9-6-10-21-22(20)26-24(31-21)28(11-12-29-17(4)13-16(3)27-29)23(30)18-7-5-8-19(25)14-18/h5-10,13-15H,11-12H2,1-4H3. The normalized spacial score (nSPS) is 11.4. The SMILES string of the molecule is Cc1cc(C)n(CCN(C(=O)c2cccc(Cl)c2)c2nc3c(C(C)C)cccc3s2)n1. The van der Waals surface area contributed by atoms with Crippen molar-refractivity contribution in [3.05, 3.63) is 76.1 Å². The molecule has 0 unspecified atom stereocenters. The molecule has 0 N–H and O–H groups in total. The minimum atomic E-state index is -0.116. The van der Waals surface area contributed by atoms with E-state index in [2.05, 4.69) is 37.1 Å². The number of anilines is 1. The van der Waals surface area contributed by atoms with Crippen LogP contribution in [0, 0.1) is 13.8 Å². The zero-order valence-corrected chi connectivity index (χ0v) is 19.7. The van der Waals surface area contributed by atoms with Gasteiger partial charge < -0.3 is 0 Å². The van der Waals surface area contributed by atoms with E-state index in [0.29, 0.717) is 34.7 Å². The average molecular weight is 453 g/mol. The average Bonchev–Trinajstić information content (AvgIpc) is 3.30. The van der Waals surface area contributed by atoms with Gasteiger partial charge in [-0.25, -0.2) is 4.98 Å². The van der Waals surface area contributed by atoms with E-state index in [1.807, 2.05) is 24.6 Å². The Morgan fingerprint density at radius 3 is 2.61 bits per heavy atom. The predicted molar refractivity (Wildman–Crippen MR) is 129 cm³/mol. The first-order valence-corrected chi connectivity index (χ1v) is 11.5. The van der Waals surface area contributed by atoms with Crippen LogP contribution in [0.2, 0.25) is 5.02 Å². The third-order valence-corrected chi connectivity index (χ3v) is 6.53. The second kappa shape index (κ2) is 8.81. The Morgan fingerprint density at radius 2 is 1.94 bits per heavy atom. The van der Waals surface area contributed by atoms with Gasteiger partial charge in [-0.3, -0.25) is 14.4 Å². The monoisotopic (exact) mass is 452 g/mol. The van der Waals surface area contributed by atoms with Crippen molar-refractivity contribution in [2.75, 3.05) is 11.4 Å². The van der Waals surface area contributed by atoms with Crippen LogP contribution in [0.5, 0.6) is 0 Å². The first-order chi connectivity index (χ1) is 14.8. The lowest BCUT2D eigenvalue weighted by Crippen LogP contribution is -2.34. The van der Waals surface area contributed by atoms with Gasteiger partial charge >= 0.3 is 0 Å². The molecule has 0 fully saturated rings. The van der Waals surface area contributed by atoms with Crippen LogP contribution in [0.15, 0.2) is 48.5 Å². The Bertz CT molecular complexity index is 1240. The number of fused-ring (bicyclic) bond motifs is 1. The van der Waals surface area contributed by atoms with Crippen LogP contribution in [0.3, 0.4) is 0 Å². The molecule has 5 nitrogen and oxygen atoms in total. The number of amides is 1. The highest BCUT2D eigenvalue weighted by molar-refractivity contribution is 7.22. The number of rotatable bonds is 6. The maximum absolute atomic E-state index is 13.5. The minimum Gasteiger partial charge on any atom is -0.282 e. The van der Waals surface area contributed by atoms with Gasteiger partial charge in [-0.1, -0.05) is 55.0 Å². The summed E-state index contributed by atoms with van der Waals surface area (Å²) in [6.45, 7) is 9.36. The maximum atomic E-state index is 13.5. The van der Waals surface area contributed by atoms with Crippen molar-refractivity contribution in [1.29, 1.82) is 0 Å². The van der Waals surface area contributed by atoms with E-state index in [4.69, 9.17) is 16.6 Å². The number of benzene rings is 2. The number of carbonyl (C=O) groups excluding carboxylic acids is 1. The number of carbonyl (C=O) groups is 1. The Labute approximate surface area is 191 Å². The van der Waals surface area contributed by atoms with E-state index >= 15 is 0 Å². The second-order valence-electron chi connectivity index (χ2n) is 7.96. The topological polar surface area (TPSA) is 51.0 Å². The zero-order chi connectivity index (χ0) is 22.1. The molecule has 0 radical (unpaired) electrons. The minimum absolute atomic E-state index is 0.116. The number of halogens is 1. The summed E-state index contributed by atoms with van der Waals surface area (Å²) in [6.07, 6.45) is 0. The summed E-state index contributed by atoms with van der Waals surface area (Å²) in [6, 6.07) is 15.3. The van der Waals surface area contributed by atoms with E-state index in [9.17, 15) is 4.79 Å². The lowest BCUT2D eigenvalue weighted by molar-refractivity contribution is 0.0985. The van der Waals surface area contributed by atoms with Crippen LogP contribution in [0.4, 0.5) is 5.13 Å². The Morgan fingerprint density at radius 1 is 1.16 bits per heavy atom. The number of nitrogens with zero attached hydrogens (tertiary/aromatic N) is 4. The fourth-order valence-electron chi connectivity index (χ4n) is 3.70. The maximum Gasteiger partial charge on any atom is 0.260 e. The van der Waals surface area contributed by atoms with Gasteiger partial charge in [0.15, 0.2) is 5.13 Å². The van der Waals surface area contributed by atoms with Crippen LogP contribution in [0.1, 0.15) is 47.1 Å². The highest BCUT2D eigenvalue weighted by Crippen LogP contribution is 2.34. The summed E-state index contributed by atoms with van der Waals surface area (Å²) >= 11 is 7.70. The number of thiazole rings is 1. The third-order valence-electron chi connectivity index (χ3n) is 5.25. The highest BCUT2D eigenvalue weighted by Gasteiger charge is 2.23. The smallest absolute Gasteiger partial charge is 0.260 e. The molecule has 31 heavy (non-hydrogen) atoms. The van der Waals surface area contributed by atoms with Gasteiger partial charge in [-0.15, -0.1) is 0 Å². The first-order valence-electron chi connectivity index (χ1n) is 10.3. The summed E-state index contributed by atoms with van der Waals surface area (Å²) < 4.78 is 3.01. The Kier molecular flexibility index (Phi) is 6.12. The van der Waals surface area contributed by atoms with Gasteiger partial charge in [-0.05, 0) is 55.7 Å². The zero-order valence-electron chi connectivity index (χ0n) is 18.1. The molecule has 0 aliphatic rings. The van der Waals surface area contributed by atoms with Crippen molar-refractivity contribution in [2.45, 2.75) is 40.2 Å². The van der Waals surface area contributed by atoms with Gasteiger partial charge in [0.25, 0.3) is 5.91 Å². The summed E-state index contributed by atoms with van der Waals surface area (Å²) in [5.74, 6) is 0.236. The van der Waals surface area contributed by atoms with Crippen molar-refractivity contribution in [3.8, 4) is 0 Å². The predicted octanol–water partition coefficient (Wildman–Crippen LogP) is 6.23. The number of hydrogen-bond acceptors (Lipinski definition) is 4. The largest absolute Gasteiger partial charge is 0.282 e. The quantitative estimate of drug-likeness (QED) is 0.348. The van der Waals surface area contributed by atoms with Crippen LogP contribution in [-0.4, -0.2) is 27.2 Å². The summed E-state index contributed by atoms with van der Waals surface area (Å²) in [5.41, 5.74) is 4.73. The van der Waals surface area contributed by atoms with Gasteiger partial charge in [0.1, 0.15) is 0 Å². The van der Waals surface area contributed by atoms with E-state index in [1.54, 1.807) is 40.5 Å². The van der Waals surface area contributed by atoms with Gasteiger partial charge in [0, 0.05) is 22.8 Å². The first kappa shape index (κ1) is 21.5. The van der Waals surface area contributed by atoms with Crippen molar-refractivity contribution in [3.63, 3.8) is 0 Å². The molecule has 0 aliphatic heterocycles. The van der Waals surface area contributed by atoms with Crippen molar-refractivity contribution >= 4 is 44.2 Å². The third kappa shape index (κ3) is 4.50. The molecule has 1 amide bonds. The molecule has 0 saturated carbocycles. The lowest BCUT2D eigenvalue weighted by atomic mass is 10.0. The summed E-state index contributed by atoms with van der Waals surface area (Å²) in [4.78, 5) is 20.2. The molecule has 4 rings (SSSR count). The summed E-state index contributed by atoms with van der Waals surface area (Å²) in [7, 11) is 0. The number of hydrogen-bond donors (Lipinski definition) is 0. The van der Waals surface area contributed by atoms with Crippen molar-refractivity contribution in [1.82, 2.24) is 14.8 Å². The molecule has 2 aromatic heterocycles. The van der Waals surface area contributed by atoms with Crippen LogP contribution >= 0.6 is 22.9 Å². The molecule has 0 atom stereocenters. The van der Waals surface area contributed by atoms with E-state index in [-0.39, 0.29) is 5.91 Å². The molecule has 0 aliphatic carbocycles. The highest BCUT2D eigenvalue weighted by atomic mass is 35.5. The molecule has 0 spiro atoms. The van der Waals surface area contributed by atoms with Gasteiger partial charge in [-0.2, -0.15) is 5.10 Å². The molecule has 2 aromatic carbocycles. The van der Waals surface area contributed by atoms with Crippen LogP contribution < -0.4 is 4.90 Å². The molecular formula is C24H25ClN4OS. The Balaban J connectivity index is 1.74. The summed E-state index contributed by atoms with van der Waals surface area (Å²) in [5, 5.41) is 5.77. The van der Waals surface area contributed by atoms with Gasteiger partial charge in [0.05, 0.1) is 22.5 Å². The van der Waals surface area contributed by atoms with Crippen molar-refractivity contribution < 1.29 is 4.79 Å². The second-order valence-corrected chi connectivity index (χ2v) is 9.41. The fourth-order valence-corrected chi connectivity index (χ4v) is 4.91. The molecule has 0 saturated heterocycles. The molecule has 2 heterocycles. The van der Waals surface area contributed by atoms with Crippen LogP contribution in [0.25, 0.3) is 10.2 Å². The Hall–Kier alpha value is -2.70. The van der Waals surface area contributed by atoms with E-state index < -0.39 is 0 Å². The molecular weight excluding hydrogens is 428 g/mol. The van der Waals surface area contributed by atoms with E-state index in [0.717, 1.165) is 21.6 Å². The number of aryl methyl sites for hydroxylation is 2. The molecule has 160 valence electrons. The number of aromatic nitrogens is 3. The fraction of sp³-hybridized carbons (Fsp3) is 0.292. The number of para-hydroxylation sites is 1. The van der Waals surface area contributed by atoms with Crippen molar-refractivity contribution in [2.24, 2.45) is 0 Å².